The Morgan fingerprint density at radius 3 is 2.58 bits per heavy atom. The summed E-state index contributed by atoms with van der Waals surface area (Å²) in [6, 6.07) is 10.4. The van der Waals surface area contributed by atoms with E-state index in [-0.39, 0.29) is 24.4 Å². The van der Waals surface area contributed by atoms with E-state index in [1.165, 1.54) is 0 Å². The minimum atomic E-state index is -0.218. The van der Waals surface area contributed by atoms with Gasteiger partial charge in [-0.25, -0.2) is 4.98 Å². The van der Waals surface area contributed by atoms with Gasteiger partial charge in [-0.1, -0.05) is 30.3 Å². The normalized spacial score (nSPS) is 18.5. The summed E-state index contributed by atoms with van der Waals surface area (Å²) < 4.78 is 0. The summed E-state index contributed by atoms with van der Waals surface area (Å²) in [5.41, 5.74) is 2.26. The zero-order valence-corrected chi connectivity index (χ0v) is 19.1. The summed E-state index contributed by atoms with van der Waals surface area (Å²) in [6.45, 7) is 6.40. The van der Waals surface area contributed by atoms with Gasteiger partial charge in [0, 0.05) is 56.8 Å². The highest BCUT2D eigenvalue weighted by atomic mass is 32.1. The van der Waals surface area contributed by atoms with Gasteiger partial charge in [0.05, 0.1) is 18.3 Å². The third-order valence-corrected chi connectivity index (χ3v) is 6.91. The molecule has 2 amide bonds. The Balaban J connectivity index is 1.23. The van der Waals surface area contributed by atoms with Crippen LogP contribution in [0.3, 0.4) is 0 Å². The lowest BCUT2D eigenvalue weighted by atomic mass is 10.2. The highest BCUT2D eigenvalue weighted by Gasteiger charge is 2.29. The molecule has 1 N–H and O–H groups in total. The number of thiazole rings is 1. The largest absolute Gasteiger partial charge is 0.352 e. The van der Waals surface area contributed by atoms with Crippen molar-refractivity contribution in [2.45, 2.75) is 38.4 Å². The van der Waals surface area contributed by atoms with E-state index < -0.39 is 0 Å². The number of carbonyl (C=O) groups is 2. The molecule has 1 unspecified atom stereocenters. The molecule has 1 aromatic heterocycles. The number of carbonyl (C=O) groups excluding carboxylic acids is 2. The van der Waals surface area contributed by atoms with Crippen molar-refractivity contribution in [3.63, 3.8) is 0 Å². The first kappa shape index (κ1) is 21.9. The van der Waals surface area contributed by atoms with Gasteiger partial charge in [-0.2, -0.15) is 0 Å². The summed E-state index contributed by atoms with van der Waals surface area (Å²) in [5, 5.41) is 6.14. The van der Waals surface area contributed by atoms with Crippen LogP contribution in [0.4, 0.5) is 0 Å². The maximum Gasteiger partial charge on any atom is 0.239 e. The van der Waals surface area contributed by atoms with E-state index in [0.717, 1.165) is 61.8 Å². The van der Waals surface area contributed by atoms with Crippen molar-refractivity contribution in [1.82, 2.24) is 25.0 Å². The maximum atomic E-state index is 12.8. The van der Waals surface area contributed by atoms with E-state index in [0.29, 0.717) is 6.04 Å². The lowest BCUT2D eigenvalue weighted by Gasteiger charge is -2.38. The van der Waals surface area contributed by atoms with Crippen LogP contribution in [0, 0.1) is 0 Å². The fourth-order valence-electron chi connectivity index (χ4n) is 3.90. The Morgan fingerprint density at radius 1 is 1.19 bits per heavy atom. The fourth-order valence-corrected chi connectivity index (χ4v) is 4.72. The van der Waals surface area contributed by atoms with Crippen LogP contribution >= 0.6 is 11.3 Å². The van der Waals surface area contributed by atoms with E-state index in [1.54, 1.807) is 23.3 Å². The number of benzene rings is 1. The lowest BCUT2D eigenvalue weighted by Crippen LogP contribution is -2.54. The molecule has 0 radical (unpaired) electrons. The van der Waals surface area contributed by atoms with Gasteiger partial charge in [0.15, 0.2) is 0 Å². The Morgan fingerprint density at radius 2 is 1.90 bits per heavy atom. The van der Waals surface area contributed by atoms with Gasteiger partial charge in [-0.15, -0.1) is 11.3 Å². The summed E-state index contributed by atoms with van der Waals surface area (Å²) in [4.78, 5) is 35.7. The Kier molecular flexibility index (Phi) is 6.99. The summed E-state index contributed by atoms with van der Waals surface area (Å²) in [6.07, 6.45) is 2.11. The molecule has 31 heavy (non-hydrogen) atoms. The third kappa shape index (κ3) is 5.90. The number of rotatable bonds is 8. The first-order chi connectivity index (χ1) is 15.0. The monoisotopic (exact) mass is 441 g/mol. The first-order valence-electron chi connectivity index (χ1n) is 11.0. The van der Waals surface area contributed by atoms with Gasteiger partial charge in [0.2, 0.25) is 11.8 Å². The number of nitrogens with one attached hydrogen (secondary N) is 1. The molecule has 2 fully saturated rings. The molecule has 1 aliphatic heterocycles. The van der Waals surface area contributed by atoms with E-state index in [9.17, 15) is 9.59 Å². The predicted octanol–water partition coefficient (Wildman–Crippen LogP) is 2.05. The number of piperazine rings is 1. The number of hydrogen-bond acceptors (Lipinski definition) is 6. The molecule has 1 aliphatic carbocycles. The number of nitrogens with zero attached hydrogens (tertiary/aromatic N) is 4. The fraction of sp³-hybridized carbons (Fsp3) is 0.522. The number of hydrogen-bond donors (Lipinski definition) is 1. The Hall–Kier alpha value is -2.29. The second-order valence-electron chi connectivity index (χ2n) is 8.53. The van der Waals surface area contributed by atoms with Crippen molar-refractivity contribution in [3.8, 4) is 10.6 Å². The summed E-state index contributed by atoms with van der Waals surface area (Å²) >= 11 is 1.68. The van der Waals surface area contributed by atoms with Gasteiger partial charge in [-0.3, -0.25) is 19.4 Å². The van der Waals surface area contributed by atoms with Crippen molar-refractivity contribution in [1.29, 1.82) is 0 Å². The zero-order chi connectivity index (χ0) is 21.8. The molecular weight excluding hydrogens is 410 g/mol. The zero-order valence-electron chi connectivity index (χ0n) is 18.3. The minimum absolute atomic E-state index is 0.00593. The quantitative estimate of drug-likeness (QED) is 0.679. The molecule has 1 aromatic carbocycles. The SMILES string of the molecule is CC(C(=O)N(C)CC(=O)NC1CC1)N1CCN(Cc2csc(-c3ccccc3)n2)CC1. The molecule has 0 bridgehead atoms. The highest BCUT2D eigenvalue weighted by Crippen LogP contribution is 2.24. The number of likely N-dealkylation sites (N-methyl/N-ethyl adjacent to an activating group) is 1. The van der Waals surface area contributed by atoms with Gasteiger partial charge in [0.1, 0.15) is 5.01 Å². The molecule has 2 aromatic rings. The summed E-state index contributed by atoms with van der Waals surface area (Å²) in [5.74, 6) is -0.0556. The van der Waals surface area contributed by atoms with Crippen LogP contribution in [0.15, 0.2) is 35.7 Å². The van der Waals surface area contributed by atoms with E-state index in [2.05, 4.69) is 32.6 Å². The first-order valence-corrected chi connectivity index (χ1v) is 11.9. The van der Waals surface area contributed by atoms with E-state index in [1.807, 2.05) is 25.1 Å². The van der Waals surface area contributed by atoms with E-state index in [4.69, 9.17) is 4.98 Å². The van der Waals surface area contributed by atoms with Crippen LogP contribution < -0.4 is 5.32 Å². The average molecular weight is 442 g/mol. The van der Waals surface area contributed by atoms with Crippen LogP contribution in [0.5, 0.6) is 0 Å². The molecule has 1 saturated carbocycles. The Bertz CT molecular complexity index is 890. The van der Waals surface area contributed by atoms with Gasteiger partial charge in [-0.05, 0) is 19.8 Å². The van der Waals surface area contributed by atoms with Crippen LogP contribution in [0.1, 0.15) is 25.5 Å². The van der Waals surface area contributed by atoms with Crippen molar-refractivity contribution in [3.05, 3.63) is 41.4 Å². The molecule has 1 saturated heterocycles. The predicted molar refractivity (Wildman–Crippen MR) is 123 cm³/mol. The molecule has 7 nitrogen and oxygen atoms in total. The topological polar surface area (TPSA) is 68.8 Å². The molecule has 4 rings (SSSR count). The van der Waals surface area contributed by atoms with Crippen molar-refractivity contribution >= 4 is 23.2 Å². The highest BCUT2D eigenvalue weighted by molar-refractivity contribution is 7.13. The van der Waals surface area contributed by atoms with Gasteiger partial charge < -0.3 is 10.2 Å². The van der Waals surface area contributed by atoms with E-state index >= 15 is 0 Å². The standard InChI is InChI=1S/C23H31N5O2S/c1-17(23(30)26(2)15-21(29)24-19-8-9-19)28-12-10-27(11-13-28)14-20-16-31-22(25-20)18-6-4-3-5-7-18/h3-7,16-17,19H,8-15H2,1-2H3,(H,24,29). The molecule has 166 valence electrons. The Labute approximate surface area is 188 Å². The van der Waals surface area contributed by atoms with Gasteiger partial charge >= 0.3 is 0 Å². The van der Waals surface area contributed by atoms with Gasteiger partial charge in [0.25, 0.3) is 0 Å². The number of aromatic nitrogens is 1. The van der Waals surface area contributed by atoms with Crippen molar-refractivity contribution in [2.75, 3.05) is 39.8 Å². The smallest absolute Gasteiger partial charge is 0.239 e. The summed E-state index contributed by atoms with van der Waals surface area (Å²) in [7, 11) is 1.72. The molecular formula is C23H31N5O2S. The van der Waals surface area contributed by atoms with Crippen LogP contribution in [0.25, 0.3) is 10.6 Å². The average Bonchev–Trinajstić information content (AvgIpc) is 3.47. The molecule has 2 aliphatic rings. The minimum Gasteiger partial charge on any atom is -0.352 e. The lowest BCUT2D eigenvalue weighted by molar-refractivity contribution is -0.139. The molecule has 8 heteroatoms. The second kappa shape index (κ2) is 9.89. The maximum absolute atomic E-state index is 12.8. The molecule has 0 spiro atoms. The van der Waals surface area contributed by atoms with Crippen molar-refractivity contribution < 1.29 is 9.59 Å². The van der Waals surface area contributed by atoms with Crippen LogP contribution in [-0.4, -0.2) is 83.4 Å². The van der Waals surface area contributed by atoms with Crippen molar-refractivity contribution in [2.24, 2.45) is 0 Å². The molecule has 2 heterocycles. The van der Waals surface area contributed by atoms with Crippen LogP contribution in [-0.2, 0) is 16.1 Å². The van der Waals surface area contributed by atoms with Crippen LogP contribution in [0.2, 0.25) is 0 Å². The molecule has 1 atom stereocenters. The third-order valence-electron chi connectivity index (χ3n) is 5.97. The second-order valence-corrected chi connectivity index (χ2v) is 9.39. The number of amides is 2.